The summed E-state index contributed by atoms with van der Waals surface area (Å²) in [4.78, 5) is 21.3. The van der Waals surface area contributed by atoms with Crippen LogP contribution in [0, 0.1) is 0 Å². The molecule has 3 aromatic carbocycles. The first kappa shape index (κ1) is 21.7. The van der Waals surface area contributed by atoms with Crippen molar-refractivity contribution in [2.75, 3.05) is 19.8 Å². The van der Waals surface area contributed by atoms with E-state index in [0.717, 1.165) is 34.1 Å². The fourth-order valence-corrected chi connectivity index (χ4v) is 4.85. The number of benzene rings is 3. The van der Waals surface area contributed by atoms with E-state index in [2.05, 4.69) is 15.6 Å². The highest BCUT2D eigenvalue weighted by molar-refractivity contribution is 6.30. The third kappa shape index (κ3) is 3.73. The highest BCUT2D eigenvalue weighted by Gasteiger charge is 2.24. The maximum Gasteiger partial charge on any atom is 0.275 e. The summed E-state index contributed by atoms with van der Waals surface area (Å²) in [5, 5.41) is 1.60. The van der Waals surface area contributed by atoms with Gasteiger partial charge in [0.25, 0.3) is 5.56 Å². The molecule has 2 aromatic heterocycles. The van der Waals surface area contributed by atoms with Gasteiger partial charge in [-0.2, -0.15) is 0 Å². The number of aryl methyl sites for hydroxylation is 1. The lowest BCUT2D eigenvalue weighted by atomic mass is 10.0. The second kappa shape index (κ2) is 8.76. The molecule has 3 heterocycles. The number of nitrogens with one attached hydrogen (secondary N) is 1. The molecule has 0 fully saturated rings. The number of rotatable bonds is 5. The topological polar surface area (TPSA) is 95.2 Å². The van der Waals surface area contributed by atoms with Crippen molar-refractivity contribution in [3.8, 4) is 34.0 Å². The molecule has 0 bridgehead atoms. The van der Waals surface area contributed by atoms with E-state index in [9.17, 15) is 4.79 Å². The quantitative estimate of drug-likeness (QED) is 0.365. The van der Waals surface area contributed by atoms with Crippen LogP contribution in [0.3, 0.4) is 0 Å². The fraction of sp³-hybridized carbons (Fsp3) is 0.185. The van der Waals surface area contributed by atoms with E-state index in [0.29, 0.717) is 59.6 Å². The van der Waals surface area contributed by atoms with Gasteiger partial charge < -0.3 is 24.8 Å². The van der Waals surface area contributed by atoms with Gasteiger partial charge in [0.2, 0.25) is 0 Å². The van der Waals surface area contributed by atoms with Gasteiger partial charge in [-0.3, -0.25) is 4.79 Å². The number of nitrogens with two attached hydrogens (primary N) is 1. The molecule has 0 aliphatic carbocycles. The lowest BCUT2D eigenvalue weighted by Crippen LogP contribution is -2.16. The van der Waals surface area contributed by atoms with E-state index in [1.165, 1.54) is 0 Å². The van der Waals surface area contributed by atoms with Crippen LogP contribution in [0.25, 0.3) is 44.5 Å². The second-order valence-corrected chi connectivity index (χ2v) is 8.91. The van der Waals surface area contributed by atoms with Crippen molar-refractivity contribution in [3.63, 3.8) is 0 Å². The minimum absolute atomic E-state index is 0.272. The molecule has 0 saturated carbocycles. The number of ether oxygens (including phenoxy) is 2. The van der Waals surface area contributed by atoms with Crippen molar-refractivity contribution >= 4 is 33.5 Å². The van der Waals surface area contributed by atoms with Crippen LogP contribution in [-0.4, -0.2) is 34.3 Å². The van der Waals surface area contributed by atoms with Gasteiger partial charge in [0.1, 0.15) is 18.9 Å². The Labute approximate surface area is 206 Å². The molecule has 0 unspecified atom stereocenters. The number of aromatic nitrogens is 3. The fourth-order valence-electron chi connectivity index (χ4n) is 4.73. The zero-order chi connectivity index (χ0) is 23.9. The standard InChI is InChI=1S/C27H23ClN4O3/c28-17-8-6-16(7-9-17)26-24(18-4-1-2-5-21(18)32(26)11-3-10-29)25-27(33)31-20-15-23-22(14-19(20)30-25)34-12-13-35-23/h1-2,4-9,14-15H,3,10-13,29H2,(H,31,33). The van der Waals surface area contributed by atoms with E-state index in [-0.39, 0.29) is 5.56 Å². The van der Waals surface area contributed by atoms with Crippen LogP contribution in [0.2, 0.25) is 5.02 Å². The third-order valence-electron chi connectivity index (χ3n) is 6.27. The van der Waals surface area contributed by atoms with Crippen molar-refractivity contribution in [2.45, 2.75) is 13.0 Å². The zero-order valence-corrected chi connectivity index (χ0v) is 19.6. The van der Waals surface area contributed by atoms with Crippen molar-refractivity contribution in [3.05, 3.63) is 76.0 Å². The van der Waals surface area contributed by atoms with Crippen molar-refractivity contribution < 1.29 is 9.47 Å². The summed E-state index contributed by atoms with van der Waals surface area (Å²) in [6, 6.07) is 19.3. The van der Waals surface area contributed by atoms with Gasteiger partial charge in [0.15, 0.2) is 11.5 Å². The predicted molar refractivity (Wildman–Crippen MR) is 138 cm³/mol. The Kier molecular flexibility index (Phi) is 5.43. The Balaban J connectivity index is 1.67. The largest absolute Gasteiger partial charge is 0.486 e. The van der Waals surface area contributed by atoms with Crippen LogP contribution in [-0.2, 0) is 6.54 Å². The first-order chi connectivity index (χ1) is 17.1. The number of hydrogen-bond donors (Lipinski definition) is 2. The molecule has 8 heteroatoms. The number of fused-ring (bicyclic) bond motifs is 3. The first-order valence-electron chi connectivity index (χ1n) is 11.6. The van der Waals surface area contributed by atoms with Crippen LogP contribution < -0.4 is 20.8 Å². The molecule has 0 atom stereocenters. The zero-order valence-electron chi connectivity index (χ0n) is 18.9. The number of halogens is 1. The normalized spacial score (nSPS) is 13.0. The van der Waals surface area contributed by atoms with E-state index in [4.69, 9.17) is 31.8 Å². The molecule has 0 spiro atoms. The number of para-hydroxylation sites is 1. The molecular formula is C27H23ClN4O3. The molecule has 0 saturated heterocycles. The Morgan fingerprint density at radius 2 is 1.77 bits per heavy atom. The lowest BCUT2D eigenvalue weighted by Gasteiger charge is -2.18. The van der Waals surface area contributed by atoms with Crippen molar-refractivity contribution in [1.29, 1.82) is 0 Å². The average Bonchev–Trinajstić information content (AvgIpc) is 3.20. The number of hydrogen-bond acceptors (Lipinski definition) is 5. The maximum atomic E-state index is 13.5. The summed E-state index contributed by atoms with van der Waals surface area (Å²) in [5.74, 6) is 1.23. The number of nitrogens with zero attached hydrogens (tertiary/aromatic N) is 2. The average molecular weight is 487 g/mol. The Bertz CT molecular complexity index is 1620. The number of aromatic amines is 1. The monoisotopic (exact) mass is 486 g/mol. The van der Waals surface area contributed by atoms with Crippen molar-refractivity contribution in [2.24, 2.45) is 5.73 Å². The molecule has 3 N–H and O–H groups in total. The molecule has 0 radical (unpaired) electrons. The molecule has 1 aliphatic rings. The van der Waals surface area contributed by atoms with Crippen LogP contribution in [0.5, 0.6) is 11.5 Å². The van der Waals surface area contributed by atoms with Crippen LogP contribution >= 0.6 is 11.6 Å². The van der Waals surface area contributed by atoms with Gasteiger partial charge in [-0.05, 0) is 36.7 Å². The SMILES string of the molecule is NCCCn1c(-c2ccc(Cl)cc2)c(-c2nc3cc4c(cc3[nH]c2=O)OCCO4)c2ccccc21. The van der Waals surface area contributed by atoms with Crippen LogP contribution in [0.15, 0.2) is 65.5 Å². The van der Waals surface area contributed by atoms with Gasteiger partial charge in [-0.25, -0.2) is 4.98 Å². The smallest absolute Gasteiger partial charge is 0.275 e. The molecule has 7 nitrogen and oxygen atoms in total. The summed E-state index contributed by atoms with van der Waals surface area (Å²) in [5.41, 5.74) is 10.8. The first-order valence-corrected chi connectivity index (χ1v) is 11.9. The van der Waals surface area contributed by atoms with Gasteiger partial charge in [0, 0.05) is 40.2 Å². The molecule has 1 aliphatic heterocycles. The minimum atomic E-state index is -0.272. The summed E-state index contributed by atoms with van der Waals surface area (Å²) in [6.45, 7) is 2.22. The lowest BCUT2D eigenvalue weighted by molar-refractivity contribution is 0.172. The van der Waals surface area contributed by atoms with E-state index in [1.54, 1.807) is 6.07 Å². The molecule has 0 amide bonds. The molecule has 35 heavy (non-hydrogen) atoms. The van der Waals surface area contributed by atoms with Crippen LogP contribution in [0.1, 0.15) is 6.42 Å². The summed E-state index contributed by atoms with van der Waals surface area (Å²) < 4.78 is 13.6. The van der Waals surface area contributed by atoms with Crippen molar-refractivity contribution in [1.82, 2.24) is 14.5 Å². The van der Waals surface area contributed by atoms with Crippen LogP contribution in [0.4, 0.5) is 0 Å². The van der Waals surface area contributed by atoms with Gasteiger partial charge >= 0.3 is 0 Å². The summed E-state index contributed by atoms with van der Waals surface area (Å²) >= 11 is 6.19. The highest BCUT2D eigenvalue weighted by atomic mass is 35.5. The Hall–Kier alpha value is -3.81. The van der Waals surface area contributed by atoms with E-state index < -0.39 is 0 Å². The Morgan fingerprint density at radius 3 is 2.54 bits per heavy atom. The second-order valence-electron chi connectivity index (χ2n) is 8.47. The summed E-state index contributed by atoms with van der Waals surface area (Å²) in [7, 11) is 0. The molecule has 176 valence electrons. The third-order valence-corrected chi connectivity index (χ3v) is 6.52. The minimum Gasteiger partial charge on any atom is -0.486 e. The summed E-state index contributed by atoms with van der Waals surface area (Å²) in [6.07, 6.45) is 0.795. The van der Waals surface area contributed by atoms with E-state index in [1.807, 2.05) is 48.5 Å². The van der Waals surface area contributed by atoms with Gasteiger partial charge in [-0.15, -0.1) is 0 Å². The molecular weight excluding hydrogens is 464 g/mol. The predicted octanol–water partition coefficient (Wildman–Crippen LogP) is 4.99. The van der Waals surface area contributed by atoms with Gasteiger partial charge in [-0.1, -0.05) is 41.9 Å². The Morgan fingerprint density at radius 1 is 1.03 bits per heavy atom. The van der Waals surface area contributed by atoms with Gasteiger partial charge in [0.05, 0.1) is 16.7 Å². The highest BCUT2D eigenvalue weighted by Crippen LogP contribution is 2.40. The van der Waals surface area contributed by atoms with E-state index >= 15 is 0 Å². The maximum absolute atomic E-state index is 13.5. The number of H-pyrrole nitrogens is 1. The molecule has 6 rings (SSSR count). The molecule has 5 aromatic rings.